The molecule has 0 fully saturated rings. The summed E-state index contributed by atoms with van der Waals surface area (Å²) in [4.78, 5) is 15.7. The maximum atomic E-state index is 11.8. The van der Waals surface area contributed by atoms with Crippen LogP contribution < -0.4 is 16.8 Å². The van der Waals surface area contributed by atoms with Crippen LogP contribution in [0.4, 0.5) is 17.1 Å². The van der Waals surface area contributed by atoms with E-state index in [-0.39, 0.29) is 5.91 Å². The van der Waals surface area contributed by atoms with Gasteiger partial charge in [-0.3, -0.25) is 9.78 Å². The van der Waals surface area contributed by atoms with Gasteiger partial charge in [0.1, 0.15) is 0 Å². The zero-order valence-electron chi connectivity index (χ0n) is 9.05. The summed E-state index contributed by atoms with van der Waals surface area (Å²) in [7, 11) is 0. The Morgan fingerprint density at radius 1 is 1.18 bits per heavy atom. The number of hydrogen-bond acceptors (Lipinski definition) is 4. The van der Waals surface area contributed by atoms with E-state index >= 15 is 0 Å². The summed E-state index contributed by atoms with van der Waals surface area (Å²) in [6, 6.07) is 8.34. The van der Waals surface area contributed by atoms with Crippen LogP contribution in [0.15, 0.2) is 42.7 Å². The molecule has 1 amide bonds. The number of nitrogens with zero attached hydrogens (tertiary/aromatic N) is 1. The van der Waals surface area contributed by atoms with Crippen molar-refractivity contribution < 1.29 is 4.79 Å². The third kappa shape index (κ3) is 2.52. The quantitative estimate of drug-likeness (QED) is 0.679. The van der Waals surface area contributed by atoms with Crippen LogP contribution in [0.1, 0.15) is 10.4 Å². The van der Waals surface area contributed by atoms with Crippen molar-refractivity contribution in [2.45, 2.75) is 0 Å². The number of amides is 1. The first-order chi connectivity index (χ1) is 8.16. The van der Waals surface area contributed by atoms with Gasteiger partial charge in [0.2, 0.25) is 0 Å². The summed E-state index contributed by atoms with van der Waals surface area (Å²) in [6.07, 6.45) is 3.11. The van der Waals surface area contributed by atoms with Gasteiger partial charge in [-0.2, -0.15) is 0 Å². The number of rotatable bonds is 2. The number of pyridine rings is 1. The highest BCUT2D eigenvalue weighted by atomic mass is 16.1. The first-order valence-electron chi connectivity index (χ1n) is 5.03. The van der Waals surface area contributed by atoms with Gasteiger partial charge in [0.15, 0.2) is 0 Å². The lowest BCUT2D eigenvalue weighted by atomic mass is 10.2. The number of aromatic nitrogens is 1. The Bertz CT molecular complexity index is 539. The second kappa shape index (κ2) is 4.52. The number of carbonyl (C=O) groups is 1. The van der Waals surface area contributed by atoms with Crippen molar-refractivity contribution in [3.63, 3.8) is 0 Å². The number of benzene rings is 1. The van der Waals surface area contributed by atoms with Crippen LogP contribution in [0.25, 0.3) is 0 Å². The molecular weight excluding hydrogens is 216 g/mol. The van der Waals surface area contributed by atoms with Gasteiger partial charge in [-0.15, -0.1) is 0 Å². The number of nitrogens with two attached hydrogens (primary N) is 2. The Labute approximate surface area is 98.5 Å². The molecule has 5 heteroatoms. The fourth-order valence-electron chi connectivity index (χ4n) is 1.35. The van der Waals surface area contributed by atoms with Crippen molar-refractivity contribution in [3.05, 3.63) is 48.3 Å². The zero-order chi connectivity index (χ0) is 12.3. The van der Waals surface area contributed by atoms with Gasteiger partial charge in [0.25, 0.3) is 5.91 Å². The Hall–Kier alpha value is -2.56. The van der Waals surface area contributed by atoms with E-state index in [1.165, 1.54) is 6.20 Å². The minimum atomic E-state index is -0.234. The number of carbonyl (C=O) groups excluding carboxylic acids is 1. The van der Waals surface area contributed by atoms with E-state index in [9.17, 15) is 4.79 Å². The molecule has 0 saturated carbocycles. The van der Waals surface area contributed by atoms with Crippen molar-refractivity contribution in [3.8, 4) is 0 Å². The summed E-state index contributed by atoms with van der Waals surface area (Å²) in [5.41, 5.74) is 13.2. The molecular formula is C12H12N4O. The minimum absolute atomic E-state index is 0.234. The van der Waals surface area contributed by atoms with Crippen LogP contribution in [0.5, 0.6) is 0 Å². The van der Waals surface area contributed by atoms with Crippen LogP contribution in [-0.4, -0.2) is 10.9 Å². The van der Waals surface area contributed by atoms with Crippen LogP contribution in [0, 0.1) is 0 Å². The summed E-state index contributed by atoms with van der Waals surface area (Å²) in [5.74, 6) is -0.234. The normalized spacial score (nSPS) is 9.88. The Kier molecular flexibility index (Phi) is 2.91. The van der Waals surface area contributed by atoms with Gasteiger partial charge in [-0.1, -0.05) is 0 Å². The molecule has 0 unspecified atom stereocenters. The largest absolute Gasteiger partial charge is 0.397 e. The molecule has 0 aliphatic heterocycles. The zero-order valence-corrected chi connectivity index (χ0v) is 9.05. The van der Waals surface area contributed by atoms with E-state index in [0.717, 1.165) is 0 Å². The van der Waals surface area contributed by atoms with Gasteiger partial charge in [-0.25, -0.2) is 0 Å². The molecule has 0 saturated heterocycles. The molecule has 0 spiro atoms. The Morgan fingerprint density at radius 2 is 2.00 bits per heavy atom. The van der Waals surface area contributed by atoms with Crippen LogP contribution in [-0.2, 0) is 0 Å². The molecule has 1 heterocycles. The summed E-state index contributed by atoms with van der Waals surface area (Å²) in [6.45, 7) is 0. The monoisotopic (exact) mass is 228 g/mol. The van der Waals surface area contributed by atoms with Gasteiger partial charge in [0.05, 0.1) is 16.9 Å². The molecule has 2 aromatic rings. The van der Waals surface area contributed by atoms with Crippen molar-refractivity contribution in [2.24, 2.45) is 0 Å². The standard InChI is InChI=1S/C12H12N4O/c13-10-4-3-9(6-11(10)14)16-12(17)8-2-1-5-15-7-8/h1-7H,13-14H2,(H,16,17). The van der Waals surface area contributed by atoms with E-state index in [1.54, 1.807) is 36.5 Å². The number of hydrogen-bond donors (Lipinski definition) is 3. The number of nitrogens with one attached hydrogen (secondary N) is 1. The first-order valence-corrected chi connectivity index (χ1v) is 5.03. The van der Waals surface area contributed by atoms with Crippen molar-refractivity contribution in [1.29, 1.82) is 0 Å². The molecule has 1 aromatic heterocycles. The van der Waals surface area contributed by atoms with Gasteiger partial charge >= 0.3 is 0 Å². The highest BCUT2D eigenvalue weighted by molar-refractivity contribution is 6.04. The molecule has 5 N–H and O–H groups in total. The second-order valence-electron chi connectivity index (χ2n) is 3.54. The summed E-state index contributed by atoms with van der Waals surface area (Å²) < 4.78 is 0. The van der Waals surface area contributed by atoms with Crippen molar-refractivity contribution in [1.82, 2.24) is 4.98 Å². The molecule has 0 atom stereocenters. The predicted octanol–water partition coefficient (Wildman–Crippen LogP) is 1.50. The number of anilines is 3. The molecule has 5 nitrogen and oxygen atoms in total. The first kappa shape index (κ1) is 10.9. The molecule has 17 heavy (non-hydrogen) atoms. The van der Waals surface area contributed by atoms with Crippen molar-refractivity contribution in [2.75, 3.05) is 16.8 Å². The highest BCUT2D eigenvalue weighted by Crippen LogP contribution is 2.19. The summed E-state index contributed by atoms with van der Waals surface area (Å²) >= 11 is 0. The lowest BCUT2D eigenvalue weighted by Gasteiger charge is -2.07. The minimum Gasteiger partial charge on any atom is -0.397 e. The molecule has 0 radical (unpaired) electrons. The van der Waals surface area contributed by atoms with Crippen LogP contribution >= 0.6 is 0 Å². The average Bonchev–Trinajstić information content (AvgIpc) is 2.35. The van der Waals surface area contributed by atoms with E-state index in [1.807, 2.05) is 0 Å². The topological polar surface area (TPSA) is 94.0 Å². The lowest BCUT2D eigenvalue weighted by Crippen LogP contribution is -2.12. The van der Waals surface area contributed by atoms with Crippen molar-refractivity contribution >= 4 is 23.0 Å². The average molecular weight is 228 g/mol. The fourth-order valence-corrected chi connectivity index (χ4v) is 1.35. The third-order valence-electron chi connectivity index (χ3n) is 2.27. The molecule has 1 aromatic carbocycles. The molecule has 0 aliphatic rings. The fraction of sp³-hybridized carbons (Fsp3) is 0. The maximum Gasteiger partial charge on any atom is 0.257 e. The second-order valence-corrected chi connectivity index (χ2v) is 3.54. The Balaban J connectivity index is 2.16. The van der Waals surface area contributed by atoms with E-state index in [0.29, 0.717) is 22.6 Å². The highest BCUT2D eigenvalue weighted by Gasteiger charge is 2.06. The van der Waals surface area contributed by atoms with E-state index < -0.39 is 0 Å². The lowest BCUT2D eigenvalue weighted by molar-refractivity contribution is 0.102. The van der Waals surface area contributed by atoms with Gasteiger partial charge in [-0.05, 0) is 30.3 Å². The maximum absolute atomic E-state index is 11.8. The van der Waals surface area contributed by atoms with E-state index in [4.69, 9.17) is 11.5 Å². The SMILES string of the molecule is Nc1ccc(NC(=O)c2cccnc2)cc1N. The smallest absolute Gasteiger partial charge is 0.257 e. The number of nitrogen functional groups attached to an aromatic ring is 2. The molecule has 2 rings (SSSR count). The third-order valence-corrected chi connectivity index (χ3v) is 2.27. The van der Waals surface area contributed by atoms with Crippen LogP contribution in [0.3, 0.4) is 0 Å². The van der Waals surface area contributed by atoms with Gasteiger partial charge < -0.3 is 16.8 Å². The predicted molar refractivity (Wildman–Crippen MR) is 67.5 cm³/mol. The molecule has 0 aliphatic carbocycles. The Morgan fingerprint density at radius 3 is 2.65 bits per heavy atom. The molecule has 0 bridgehead atoms. The molecule has 86 valence electrons. The summed E-state index contributed by atoms with van der Waals surface area (Å²) in [5, 5.41) is 2.71. The van der Waals surface area contributed by atoms with Crippen LogP contribution in [0.2, 0.25) is 0 Å². The van der Waals surface area contributed by atoms with Gasteiger partial charge in [0, 0.05) is 18.1 Å². The van der Waals surface area contributed by atoms with E-state index in [2.05, 4.69) is 10.3 Å².